The highest BCUT2D eigenvalue weighted by atomic mass is 19.1. The minimum Gasteiger partial charge on any atom is -0.478 e. The van der Waals surface area contributed by atoms with Crippen molar-refractivity contribution >= 4 is 23.4 Å². The summed E-state index contributed by atoms with van der Waals surface area (Å²) < 4.78 is 35.2. The summed E-state index contributed by atoms with van der Waals surface area (Å²) in [6.45, 7) is 5.69. The second kappa shape index (κ2) is 7.10. The van der Waals surface area contributed by atoms with Gasteiger partial charge in [-0.05, 0) is 46.0 Å². The lowest BCUT2D eigenvalue weighted by molar-refractivity contribution is 0.0508. The number of nitrogens with two attached hydrogens (primary N) is 1. The summed E-state index contributed by atoms with van der Waals surface area (Å²) in [5.41, 5.74) is 3.71. The fourth-order valence-electron chi connectivity index (χ4n) is 3.53. The average molecular weight is 397 g/mol. The van der Waals surface area contributed by atoms with Gasteiger partial charge in [-0.15, -0.1) is 0 Å². The number of nitrogen functional groups attached to an aromatic ring is 1. The van der Waals surface area contributed by atoms with Crippen LogP contribution >= 0.6 is 0 Å². The van der Waals surface area contributed by atoms with Gasteiger partial charge in [-0.1, -0.05) is 0 Å². The van der Waals surface area contributed by atoms with E-state index in [1.165, 1.54) is 4.90 Å². The Hall–Kier alpha value is -2.58. The summed E-state index contributed by atoms with van der Waals surface area (Å²) in [5, 5.41) is 12.1. The molecule has 28 heavy (non-hydrogen) atoms. The van der Waals surface area contributed by atoms with Crippen LogP contribution in [0, 0.1) is 11.6 Å². The van der Waals surface area contributed by atoms with Crippen molar-refractivity contribution < 1.29 is 28.2 Å². The predicted octanol–water partition coefficient (Wildman–Crippen LogP) is 3.23. The molecule has 0 unspecified atom stereocenters. The van der Waals surface area contributed by atoms with E-state index in [2.05, 4.69) is 5.32 Å². The van der Waals surface area contributed by atoms with Gasteiger partial charge in [0, 0.05) is 18.7 Å². The van der Waals surface area contributed by atoms with Gasteiger partial charge in [-0.25, -0.2) is 18.4 Å². The molecule has 1 atom stereocenters. The van der Waals surface area contributed by atoms with E-state index >= 15 is 4.39 Å². The second-order valence-electron chi connectivity index (χ2n) is 8.34. The first-order valence-corrected chi connectivity index (χ1v) is 9.27. The smallest absolute Gasteiger partial charge is 0.407 e. The predicted molar refractivity (Wildman–Crippen MR) is 99.7 cm³/mol. The number of amides is 1. The number of hydrogen-bond acceptors (Lipinski definition) is 5. The van der Waals surface area contributed by atoms with E-state index in [0.717, 1.165) is 0 Å². The van der Waals surface area contributed by atoms with Crippen LogP contribution in [0.4, 0.5) is 25.0 Å². The topological polar surface area (TPSA) is 105 Å². The van der Waals surface area contributed by atoms with Crippen molar-refractivity contribution in [3.8, 4) is 0 Å². The molecular weight excluding hydrogens is 372 g/mol. The molecule has 0 bridgehead atoms. The largest absolute Gasteiger partial charge is 0.478 e. The number of aromatic carboxylic acids is 1. The van der Waals surface area contributed by atoms with Crippen LogP contribution in [0.15, 0.2) is 0 Å². The Kier molecular flexibility index (Phi) is 5.12. The zero-order valence-corrected chi connectivity index (χ0v) is 16.1. The average Bonchev–Trinajstić information content (AvgIpc) is 3.29. The quantitative estimate of drug-likeness (QED) is 0.674. The first-order chi connectivity index (χ1) is 13.0. The van der Waals surface area contributed by atoms with Crippen LogP contribution in [0.5, 0.6) is 0 Å². The number of benzene rings is 1. The van der Waals surface area contributed by atoms with E-state index < -0.39 is 40.5 Å². The maximum absolute atomic E-state index is 15.2. The minimum absolute atomic E-state index is 0.0232. The third kappa shape index (κ3) is 3.98. The summed E-state index contributed by atoms with van der Waals surface area (Å²) in [6, 6.07) is -0.349. The molecule has 4 N–H and O–H groups in total. The molecule has 1 aromatic rings. The number of anilines is 2. The molecule has 0 aromatic heterocycles. The van der Waals surface area contributed by atoms with E-state index in [1.807, 2.05) is 0 Å². The number of ether oxygens (including phenoxy) is 1. The lowest BCUT2D eigenvalue weighted by atomic mass is 9.98. The molecule has 2 fully saturated rings. The fraction of sp³-hybridized carbons (Fsp3) is 0.579. The standard InChI is InChI=1S/C19H25F2N3O4/c1-19(2,3)28-18(27)23-10-6-7-24(8-10)16-13(20)11(9-4-5-9)12(17(25)26)15(22)14(16)21/h9-10H,4-8,22H2,1-3H3,(H,23,27)(H,25,26)/t10-/m0/s1. The highest BCUT2D eigenvalue weighted by molar-refractivity contribution is 5.97. The molecular formula is C19H25F2N3O4. The number of halogens is 2. The molecule has 0 spiro atoms. The number of hydrogen-bond donors (Lipinski definition) is 3. The molecule has 154 valence electrons. The van der Waals surface area contributed by atoms with Crippen molar-refractivity contribution in [3.05, 3.63) is 22.8 Å². The van der Waals surface area contributed by atoms with Gasteiger partial charge in [0.1, 0.15) is 11.3 Å². The third-order valence-corrected chi connectivity index (χ3v) is 4.85. The zero-order valence-electron chi connectivity index (χ0n) is 16.1. The number of carboxylic acid groups (broad SMARTS) is 1. The van der Waals surface area contributed by atoms with Gasteiger partial charge in [0.2, 0.25) is 0 Å². The molecule has 2 aliphatic rings. The molecule has 7 nitrogen and oxygen atoms in total. The Bertz CT molecular complexity index is 819. The maximum atomic E-state index is 15.2. The van der Waals surface area contributed by atoms with E-state index in [-0.39, 0.29) is 29.8 Å². The summed E-state index contributed by atoms with van der Waals surface area (Å²) in [4.78, 5) is 24.9. The Morgan fingerprint density at radius 1 is 1.21 bits per heavy atom. The minimum atomic E-state index is -1.44. The molecule has 1 saturated heterocycles. The molecule has 1 amide bonds. The number of carbonyl (C=O) groups excluding carboxylic acids is 1. The lowest BCUT2D eigenvalue weighted by Crippen LogP contribution is -2.40. The van der Waals surface area contributed by atoms with Gasteiger partial charge >= 0.3 is 12.1 Å². The Morgan fingerprint density at radius 3 is 2.39 bits per heavy atom. The Morgan fingerprint density at radius 2 is 1.86 bits per heavy atom. The normalized spacial score (nSPS) is 19.6. The van der Waals surface area contributed by atoms with Gasteiger partial charge in [0.15, 0.2) is 11.6 Å². The van der Waals surface area contributed by atoms with Crippen LogP contribution in [0.2, 0.25) is 0 Å². The molecule has 9 heteroatoms. The van der Waals surface area contributed by atoms with Gasteiger partial charge in [-0.3, -0.25) is 0 Å². The van der Waals surface area contributed by atoms with E-state index in [9.17, 15) is 19.1 Å². The van der Waals surface area contributed by atoms with Gasteiger partial charge < -0.3 is 25.8 Å². The molecule has 3 rings (SSSR count). The van der Waals surface area contributed by atoms with Gasteiger partial charge in [0.25, 0.3) is 0 Å². The zero-order chi connectivity index (χ0) is 20.8. The van der Waals surface area contributed by atoms with Crippen LogP contribution in [-0.2, 0) is 4.74 Å². The van der Waals surface area contributed by atoms with E-state index in [0.29, 0.717) is 25.8 Å². The van der Waals surface area contributed by atoms with Crippen molar-refractivity contribution in [2.75, 3.05) is 23.7 Å². The molecule has 1 aromatic carbocycles. The summed E-state index contributed by atoms with van der Waals surface area (Å²) in [5.74, 6) is -3.64. The number of rotatable bonds is 4. The number of alkyl carbamates (subject to hydrolysis) is 1. The highest BCUT2D eigenvalue weighted by Gasteiger charge is 2.39. The molecule has 1 saturated carbocycles. The number of nitrogens with one attached hydrogen (secondary N) is 1. The van der Waals surface area contributed by atoms with Crippen molar-refractivity contribution in [1.82, 2.24) is 5.32 Å². The summed E-state index contributed by atoms with van der Waals surface area (Å²) >= 11 is 0. The lowest BCUT2D eigenvalue weighted by Gasteiger charge is -2.24. The highest BCUT2D eigenvalue weighted by Crippen LogP contribution is 2.48. The first kappa shape index (κ1) is 20.2. The van der Waals surface area contributed by atoms with Crippen LogP contribution in [-0.4, -0.2) is 41.9 Å². The van der Waals surface area contributed by atoms with Gasteiger partial charge in [0.05, 0.1) is 17.3 Å². The fourth-order valence-corrected chi connectivity index (χ4v) is 3.53. The van der Waals surface area contributed by atoms with E-state index in [4.69, 9.17) is 10.5 Å². The third-order valence-electron chi connectivity index (χ3n) is 4.85. The van der Waals surface area contributed by atoms with Crippen molar-refractivity contribution in [3.63, 3.8) is 0 Å². The molecule has 1 heterocycles. The summed E-state index contributed by atoms with van der Waals surface area (Å²) in [6.07, 6.45) is 1.16. The second-order valence-corrected chi connectivity index (χ2v) is 8.34. The van der Waals surface area contributed by atoms with Crippen LogP contribution in [0.1, 0.15) is 61.9 Å². The monoisotopic (exact) mass is 397 g/mol. The van der Waals surface area contributed by atoms with Crippen molar-refractivity contribution in [2.45, 2.75) is 57.6 Å². The molecule has 1 aliphatic carbocycles. The molecule has 1 aliphatic heterocycles. The van der Waals surface area contributed by atoms with Crippen LogP contribution in [0.25, 0.3) is 0 Å². The van der Waals surface area contributed by atoms with Crippen molar-refractivity contribution in [2.24, 2.45) is 0 Å². The number of carboxylic acids is 1. The SMILES string of the molecule is CC(C)(C)OC(=O)N[C@H]1CCN(c2c(F)c(N)c(C(=O)O)c(C3CC3)c2F)C1. The van der Waals surface area contributed by atoms with Crippen molar-refractivity contribution in [1.29, 1.82) is 0 Å². The molecule has 0 radical (unpaired) electrons. The first-order valence-electron chi connectivity index (χ1n) is 9.27. The summed E-state index contributed by atoms with van der Waals surface area (Å²) in [7, 11) is 0. The van der Waals surface area contributed by atoms with Crippen LogP contribution in [0.3, 0.4) is 0 Å². The number of nitrogens with zero attached hydrogens (tertiary/aromatic N) is 1. The Balaban J connectivity index is 1.85. The maximum Gasteiger partial charge on any atom is 0.407 e. The number of carbonyl (C=O) groups is 2. The van der Waals surface area contributed by atoms with Crippen LogP contribution < -0.4 is 16.0 Å². The van der Waals surface area contributed by atoms with Gasteiger partial charge in [-0.2, -0.15) is 0 Å². The Labute approximate surface area is 161 Å². The van der Waals surface area contributed by atoms with E-state index in [1.54, 1.807) is 20.8 Å².